The third kappa shape index (κ3) is 1.87. The summed E-state index contributed by atoms with van der Waals surface area (Å²) in [5.41, 5.74) is 0. The summed E-state index contributed by atoms with van der Waals surface area (Å²) in [6.45, 7) is 0. The minimum atomic E-state index is 0.284. The molecule has 6 nitrogen and oxygen atoms in total. The molecule has 0 N–H and O–H groups in total. The highest BCUT2D eigenvalue weighted by Gasteiger charge is 2.06. The highest BCUT2D eigenvalue weighted by molar-refractivity contribution is 6.32. The van der Waals surface area contributed by atoms with E-state index in [4.69, 9.17) is 16.9 Å². The van der Waals surface area contributed by atoms with Gasteiger partial charge in [-0.05, 0) is 0 Å². The van der Waals surface area contributed by atoms with Crippen LogP contribution in [0.5, 0.6) is 5.75 Å². The molecule has 15 heavy (non-hydrogen) atoms. The second-order valence-corrected chi connectivity index (χ2v) is 2.92. The molecule has 7 heteroatoms. The number of halogens is 1. The van der Waals surface area contributed by atoms with Crippen molar-refractivity contribution in [2.24, 2.45) is 0 Å². The predicted molar refractivity (Wildman–Crippen MR) is 50.4 cm³/mol. The van der Waals surface area contributed by atoms with Crippen molar-refractivity contribution < 1.29 is 4.74 Å². The molecule has 0 aliphatic rings. The van der Waals surface area contributed by atoms with Gasteiger partial charge in [0.25, 0.3) is 6.26 Å². The number of nitrogens with zero attached hydrogens (tertiary/aromatic N) is 5. The maximum absolute atomic E-state index is 8.29. The zero-order chi connectivity index (χ0) is 10.7. The standard InChI is InChI=1S/C8H4ClN5O/c9-7-1-6(15-3-10)2-12-8(7)14-5-11-4-13-14/h1-2,4-5H. The van der Waals surface area contributed by atoms with E-state index in [-0.39, 0.29) is 5.75 Å². The molecule has 0 spiro atoms. The fourth-order valence-corrected chi connectivity index (χ4v) is 1.25. The molecule has 0 saturated heterocycles. The monoisotopic (exact) mass is 221 g/mol. The molecule has 74 valence electrons. The van der Waals surface area contributed by atoms with E-state index in [1.807, 2.05) is 0 Å². The van der Waals surface area contributed by atoms with Gasteiger partial charge in [0, 0.05) is 6.07 Å². The molecule has 0 amide bonds. The van der Waals surface area contributed by atoms with Crippen LogP contribution >= 0.6 is 11.6 Å². The molecular weight excluding hydrogens is 218 g/mol. The Balaban J connectivity index is 2.40. The Morgan fingerprint density at radius 1 is 1.53 bits per heavy atom. The van der Waals surface area contributed by atoms with Crippen molar-refractivity contribution in [3.8, 4) is 17.8 Å². The quantitative estimate of drug-likeness (QED) is 0.712. The Morgan fingerprint density at radius 2 is 2.40 bits per heavy atom. The first-order chi connectivity index (χ1) is 7.31. The number of rotatable bonds is 2. The highest BCUT2D eigenvalue weighted by Crippen LogP contribution is 2.21. The lowest BCUT2D eigenvalue weighted by molar-refractivity contribution is 0.504. The maximum atomic E-state index is 8.29. The first-order valence-corrected chi connectivity index (χ1v) is 4.25. The van der Waals surface area contributed by atoms with Crippen LogP contribution in [0.3, 0.4) is 0 Å². The van der Waals surface area contributed by atoms with Gasteiger partial charge in [-0.15, -0.1) is 5.26 Å². The molecule has 0 atom stereocenters. The molecule has 2 rings (SSSR count). The van der Waals surface area contributed by atoms with E-state index in [0.717, 1.165) is 0 Å². The van der Waals surface area contributed by atoms with Gasteiger partial charge < -0.3 is 4.74 Å². The topological polar surface area (TPSA) is 76.6 Å². The molecule has 0 aliphatic heterocycles. The predicted octanol–water partition coefficient (Wildman–Crippen LogP) is 1.18. The van der Waals surface area contributed by atoms with Crippen molar-refractivity contribution in [2.45, 2.75) is 0 Å². The minimum absolute atomic E-state index is 0.284. The zero-order valence-corrected chi connectivity index (χ0v) is 8.09. The molecule has 0 aliphatic carbocycles. The second-order valence-electron chi connectivity index (χ2n) is 2.51. The van der Waals surface area contributed by atoms with Gasteiger partial charge in [0.15, 0.2) is 11.6 Å². The van der Waals surface area contributed by atoms with Gasteiger partial charge in [-0.1, -0.05) is 11.6 Å². The zero-order valence-electron chi connectivity index (χ0n) is 7.33. The van der Waals surface area contributed by atoms with Crippen molar-refractivity contribution >= 4 is 11.6 Å². The minimum Gasteiger partial charge on any atom is -0.386 e. The number of pyridine rings is 1. The average Bonchev–Trinajstić information content (AvgIpc) is 2.71. The second kappa shape index (κ2) is 3.94. The Labute approximate surface area is 89.7 Å². The number of hydrogen-bond donors (Lipinski definition) is 0. The van der Waals surface area contributed by atoms with Crippen LogP contribution in [0.2, 0.25) is 5.02 Å². The largest absolute Gasteiger partial charge is 0.386 e. The van der Waals surface area contributed by atoms with Crippen molar-refractivity contribution in [3.05, 3.63) is 29.9 Å². The van der Waals surface area contributed by atoms with E-state index in [9.17, 15) is 0 Å². The van der Waals surface area contributed by atoms with Crippen molar-refractivity contribution in [1.29, 1.82) is 5.26 Å². The fourth-order valence-electron chi connectivity index (χ4n) is 1.01. The van der Waals surface area contributed by atoms with Crippen LogP contribution < -0.4 is 4.74 Å². The SMILES string of the molecule is N#COc1cnc(-n2cncn2)c(Cl)c1. The molecule has 0 unspecified atom stereocenters. The van der Waals surface area contributed by atoms with Crippen LogP contribution in [0.15, 0.2) is 24.9 Å². The van der Waals surface area contributed by atoms with Gasteiger partial charge in [0.05, 0.1) is 11.2 Å². The average molecular weight is 222 g/mol. The molecule has 0 saturated carbocycles. The summed E-state index contributed by atoms with van der Waals surface area (Å²) < 4.78 is 5.99. The van der Waals surface area contributed by atoms with Crippen LogP contribution in [-0.2, 0) is 0 Å². The lowest BCUT2D eigenvalue weighted by Gasteiger charge is -2.02. The van der Waals surface area contributed by atoms with Crippen LogP contribution in [0.4, 0.5) is 0 Å². The Hall–Kier alpha value is -2.13. The molecule has 2 aromatic rings. The molecule has 0 radical (unpaired) electrons. The maximum Gasteiger partial charge on any atom is 0.292 e. The van der Waals surface area contributed by atoms with E-state index in [1.54, 1.807) is 0 Å². The molecule has 2 heterocycles. The van der Waals surface area contributed by atoms with Gasteiger partial charge in [-0.2, -0.15) is 5.10 Å². The normalized spacial score (nSPS) is 9.60. The summed E-state index contributed by atoms with van der Waals surface area (Å²) >= 11 is 5.92. The van der Waals surface area contributed by atoms with Gasteiger partial charge >= 0.3 is 0 Å². The van der Waals surface area contributed by atoms with E-state index in [1.165, 1.54) is 35.9 Å². The fraction of sp³-hybridized carbons (Fsp3) is 0. The molecule has 2 aromatic heterocycles. The summed E-state index contributed by atoms with van der Waals surface area (Å²) in [5.74, 6) is 0.714. The number of aromatic nitrogens is 4. The third-order valence-electron chi connectivity index (χ3n) is 1.60. The third-order valence-corrected chi connectivity index (χ3v) is 1.87. The van der Waals surface area contributed by atoms with E-state index in [2.05, 4.69) is 19.8 Å². The van der Waals surface area contributed by atoms with Crippen LogP contribution in [0.1, 0.15) is 0 Å². The van der Waals surface area contributed by atoms with Gasteiger partial charge in [-0.3, -0.25) is 0 Å². The Morgan fingerprint density at radius 3 is 3.00 bits per heavy atom. The van der Waals surface area contributed by atoms with Crippen LogP contribution in [-0.4, -0.2) is 19.7 Å². The molecule has 0 bridgehead atoms. The lowest BCUT2D eigenvalue weighted by atomic mass is 10.4. The molecule has 0 aromatic carbocycles. The summed E-state index contributed by atoms with van der Waals surface area (Å²) in [5, 5.41) is 12.5. The van der Waals surface area contributed by atoms with Gasteiger partial charge in [0.2, 0.25) is 0 Å². The van der Waals surface area contributed by atoms with E-state index in [0.29, 0.717) is 10.8 Å². The Kier molecular flexibility index (Phi) is 2.48. The number of nitriles is 1. The summed E-state index contributed by atoms with van der Waals surface area (Å²) in [6.07, 6.45) is 5.76. The molecule has 0 fully saturated rings. The van der Waals surface area contributed by atoms with Crippen molar-refractivity contribution in [2.75, 3.05) is 0 Å². The molecular formula is C8H4ClN5O. The highest BCUT2D eigenvalue weighted by atomic mass is 35.5. The number of hydrogen-bond acceptors (Lipinski definition) is 5. The Bertz CT molecular complexity index is 504. The van der Waals surface area contributed by atoms with Crippen molar-refractivity contribution in [1.82, 2.24) is 19.7 Å². The van der Waals surface area contributed by atoms with E-state index < -0.39 is 0 Å². The van der Waals surface area contributed by atoms with Gasteiger partial charge in [-0.25, -0.2) is 14.6 Å². The first kappa shape index (κ1) is 9.43. The summed E-state index contributed by atoms with van der Waals surface area (Å²) in [4.78, 5) is 7.76. The lowest BCUT2D eigenvalue weighted by Crippen LogP contribution is -1.99. The smallest absolute Gasteiger partial charge is 0.292 e. The van der Waals surface area contributed by atoms with E-state index >= 15 is 0 Å². The van der Waals surface area contributed by atoms with Gasteiger partial charge in [0.1, 0.15) is 12.7 Å². The summed E-state index contributed by atoms with van der Waals surface area (Å²) in [7, 11) is 0. The van der Waals surface area contributed by atoms with Crippen molar-refractivity contribution in [3.63, 3.8) is 0 Å². The number of ether oxygens (including phenoxy) is 1. The van der Waals surface area contributed by atoms with Crippen LogP contribution in [0.25, 0.3) is 5.82 Å². The first-order valence-electron chi connectivity index (χ1n) is 3.88. The summed E-state index contributed by atoms with van der Waals surface area (Å²) in [6, 6.07) is 1.48. The van der Waals surface area contributed by atoms with Crippen LogP contribution in [0, 0.1) is 11.5 Å².